The molecule has 1 fully saturated rings. The van der Waals surface area contributed by atoms with E-state index in [0.717, 1.165) is 12.0 Å². The highest BCUT2D eigenvalue weighted by Crippen LogP contribution is 2.56. The number of ether oxygens (including phenoxy) is 2. The molecule has 0 radical (unpaired) electrons. The number of carbonyl (C=O) groups excluding carboxylic acids is 2. The van der Waals surface area contributed by atoms with Gasteiger partial charge in [0.05, 0.1) is 18.1 Å². The van der Waals surface area contributed by atoms with E-state index < -0.39 is 30.7 Å². The quantitative estimate of drug-likeness (QED) is 0.151. The number of nitrogens with one attached hydrogen (secondary N) is 2. The average Bonchev–Trinajstić information content (AvgIpc) is 3.50. The molecular weight excluding hydrogens is 591 g/mol. The number of para-hydroxylation sites is 1. The van der Waals surface area contributed by atoms with E-state index in [2.05, 4.69) is 20.0 Å². The van der Waals surface area contributed by atoms with E-state index in [1.165, 1.54) is 13.3 Å². The van der Waals surface area contributed by atoms with Crippen molar-refractivity contribution in [1.29, 1.82) is 0 Å². The van der Waals surface area contributed by atoms with Gasteiger partial charge in [-0.05, 0) is 50.8 Å². The number of anilines is 1. The second-order valence-corrected chi connectivity index (χ2v) is 12.6. The first-order chi connectivity index (χ1) is 21.0. The zero-order valence-electron chi connectivity index (χ0n) is 25.3. The van der Waals surface area contributed by atoms with Gasteiger partial charge >= 0.3 is 19.7 Å². The van der Waals surface area contributed by atoms with Gasteiger partial charge in [-0.3, -0.25) is 28.5 Å². The SMILES string of the molecule is CCCC(=O)OCC1(CO[P@@](=O)(N[C@@H](C)C(=O)O[C@@H](C)CCC)Oc2ccccc2)C/C1=C/n1cnc2c(=O)[nH]c(N)nc21. The summed E-state index contributed by atoms with van der Waals surface area (Å²) in [7, 11) is -4.19. The normalized spacial score (nSPS) is 19.7. The molecule has 3 aromatic rings. The number of nitrogens with zero attached hydrogens (tertiary/aromatic N) is 3. The van der Waals surface area contributed by atoms with Crippen LogP contribution in [0.4, 0.5) is 5.95 Å². The fourth-order valence-corrected chi connectivity index (χ4v) is 6.08. The van der Waals surface area contributed by atoms with Gasteiger partial charge in [-0.1, -0.05) is 38.5 Å². The highest BCUT2D eigenvalue weighted by atomic mass is 31.2. The third kappa shape index (κ3) is 8.34. The minimum Gasteiger partial charge on any atom is -0.465 e. The summed E-state index contributed by atoms with van der Waals surface area (Å²) in [5.74, 6) is -0.789. The number of benzene rings is 1. The van der Waals surface area contributed by atoms with Crippen molar-refractivity contribution in [3.05, 3.63) is 52.6 Å². The summed E-state index contributed by atoms with van der Waals surface area (Å²) in [6.45, 7) is 6.91. The highest BCUT2D eigenvalue weighted by Gasteiger charge is 2.52. The third-order valence-corrected chi connectivity index (χ3v) is 8.62. The Morgan fingerprint density at radius 2 is 1.95 bits per heavy atom. The van der Waals surface area contributed by atoms with Crippen LogP contribution in [0.3, 0.4) is 0 Å². The molecule has 1 aromatic carbocycles. The summed E-state index contributed by atoms with van der Waals surface area (Å²) in [6, 6.07) is 7.39. The second-order valence-electron chi connectivity index (χ2n) is 10.9. The summed E-state index contributed by atoms with van der Waals surface area (Å²) >= 11 is 0. The molecule has 15 heteroatoms. The van der Waals surface area contributed by atoms with Crippen molar-refractivity contribution in [2.75, 3.05) is 18.9 Å². The van der Waals surface area contributed by atoms with Crippen molar-refractivity contribution in [1.82, 2.24) is 24.6 Å². The van der Waals surface area contributed by atoms with Gasteiger partial charge in [-0.25, -0.2) is 9.55 Å². The minimum absolute atomic E-state index is 0.0576. The molecule has 0 amide bonds. The maximum Gasteiger partial charge on any atom is 0.459 e. The van der Waals surface area contributed by atoms with Gasteiger partial charge in [-0.15, -0.1) is 0 Å². The Balaban J connectivity index is 1.59. The Morgan fingerprint density at radius 3 is 2.66 bits per heavy atom. The van der Waals surface area contributed by atoms with E-state index in [4.69, 9.17) is 24.3 Å². The number of imidazole rings is 1. The first kappa shape index (κ1) is 32.9. The van der Waals surface area contributed by atoms with Crippen LogP contribution in [0.2, 0.25) is 0 Å². The van der Waals surface area contributed by atoms with Gasteiger partial charge in [0.2, 0.25) is 5.95 Å². The molecule has 0 bridgehead atoms. The average molecular weight is 631 g/mol. The lowest BCUT2D eigenvalue weighted by Gasteiger charge is -2.25. The van der Waals surface area contributed by atoms with Gasteiger partial charge in [-0.2, -0.15) is 10.1 Å². The van der Waals surface area contributed by atoms with Crippen molar-refractivity contribution in [3.8, 4) is 5.75 Å². The number of hydrogen-bond donors (Lipinski definition) is 3. The summed E-state index contributed by atoms with van der Waals surface area (Å²) < 4.78 is 38.5. The molecule has 0 spiro atoms. The van der Waals surface area contributed by atoms with Gasteiger partial charge in [0.15, 0.2) is 11.2 Å². The Labute approximate surface area is 254 Å². The minimum atomic E-state index is -4.19. The topological polar surface area (TPSA) is 190 Å². The molecule has 2 aromatic heterocycles. The van der Waals surface area contributed by atoms with Crippen molar-refractivity contribution in [3.63, 3.8) is 0 Å². The van der Waals surface area contributed by atoms with Crippen LogP contribution in [0.5, 0.6) is 5.75 Å². The van der Waals surface area contributed by atoms with Gasteiger partial charge in [0, 0.05) is 12.6 Å². The maximum absolute atomic E-state index is 14.1. The van der Waals surface area contributed by atoms with E-state index in [1.54, 1.807) is 48.0 Å². The first-order valence-electron chi connectivity index (χ1n) is 14.5. The number of H-pyrrole nitrogens is 1. The monoisotopic (exact) mass is 630 g/mol. The summed E-state index contributed by atoms with van der Waals surface area (Å²) in [4.78, 5) is 48.0. The number of fused-ring (bicyclic) bond motifs is 1. The smallest absolute Gasteiger partial charge is 0.459 e. The van der Waals surface area contributed by atoms with Crippen molar-refractivity contribution < 1.29 is 32.7 Å². The van der Waals surface area contributed by atoms with E-state index in [-0.39, 0.29) is 54.6 Å². The van der Waals surface area contributed by atoms with Crippen LogP contribution < -0.4 is 20.9 Å². The van der Waals surface area contributed by atoms with Crippen LogP contribution in [0, 0.1) is 5.41 Å². The van der Waals surface area contributed by atoms with E-state index in [1.807, 2.05) is 13.8 Å². The zero-order chi connectivity index (χ0) is 31.9. The van der Waals surface area contributed by atoms with E-state index in [0.29, 0.717) is 19.3 Å². The number of rotatable bonds is 16. The Hall–Kier alpha value is -4.00. The molecule has 4 atom stereocenters. The fourth-order valence-electron chi connectivity index (χ4n) is 4.51. The van der Waals surface area contributed by atoms with E-state index >= 15 is 0 Å². The zero-order valence-corrected chi connectivity index (χ0v) is 26.2. The number of aromatic amines is 1. The number of nitrogen functional groups attached to an aromatic ring is 1. The van der Waals surface area contributed by atoms with Gasteiger partial charge < -0.3 is 19.7 Å². The fraction of sp³-hybridized carbons (Fsp3) is 0.483. The molecule has 0 aliphatic heterocycles. The van der Waals surface area contributed by atoms with Crippen LogP contribution in [0.25, 0.3) is 17.4 Å². The van der Waals surface area contributed by atoms with Crippen LogP contribution in [-0.2, 0) is 28.2 Å². The molecule has 4 N–H and O–H groups in total. The molecule has 1 saturated carbocycles. The van der Waals surface area contributed by atoms with Crippen LogP contribution >= 0.6 is 7.75 Å². The first-order valence-corrected chi connectivity index (χ1v) is 16.1. The molecule has 4 rings (SSSR count). The van der Waals surface area contributed by atoms with Gasteiger partial charge in [0.25, 0.3) is 5.56 Å². The molecule has 44 heavy (non-hydrogen) atoms. The number of hydrogen-bond acceptors (Lipinski definition) is 11. The van der Waals surface area contributed by atoms with Crippen molar-refractivity contribution in [2.45, 2.75) is 71.9 Å². The summed E-state index contributed by atoms with van der Waals surface area (Å²) in [5.41, 5.74) is 5.49. The Morgan fingerprint density at radius 1 is 1.20 bits per heavy atom. The van der Waals surface area contributed by atoms with Crippen LogP contribution in [0.15, 0.2) is 47.0 Å². The molecule has 2 heterocycles. The molecule has 1 aliphatic rings. The van der Waals surface area contributed by atoms with Crippen molar-refractivity contribution >= 4 is 43.0 Å². The number of aromatic nitrogens is 4. The molecule has 1 unspecified atom stereocenters. The predicted molar refractivity (Wildman–Crippen MR) is 163 cm³/mol. The predicted octanol–water partition coefficient (Wildman–Crippen LogP) is 4.19. The molecular formula is C29H39N6O8P. The lowest BCUT2D eigenvalue weighted by Crippen LogP contribution is -2.37. The molecule has 14 nitrogen and oxygen atoms in total. The maximum atomic E-state index is 14.1. The number of carbonyl (C=O) groups is 2. The second kappa shape index (κ2) is 14.2. The summed E-state index contributed by atoms with van der Waals surface area (Å²) in [6.07, 6.45) is 5.58. The van der Waals surface area contributed by atoms with E-state index in [9.17, 15) is 18.9 Å². The Bertz CT molecular complexity index is 1610. The molecule has 1 aliphatic carbocycles. The third-order valence-electron chi connectivity index (χ3n) is 6.99. The standard InChI is InChI=1S/C29H39N6O8P/c1-5-10-19(3)42-27(38)20(4)34-44(39,43-22-12-8-7-9-13-22)41-17-29(16-40-23(36)11-6-2)14-21(29)15-35-18-31-24-25(35)32-28(30)33-26(24)37/h7-9,12-13,15,18-20H,5-6,10-11,14,16-17H2,1-4H3,(H,34,39)(H3,30,32,33,37)/b21-15-/t19-,20-,29?,44-/m0/s1. The highest BCUT2D eigenvalue weighted by molar-refractivity contribution is 7.52. The molecule has 0 saturated heterocycles. The lowest BCUT2D eigenvalue weighted by molar-refractivity contribution is -0.150. The van der Waals surface area contributed by atoms with Crippen LogP contribution in [-0.4, -0.2) is 56.8 Å². The number of nitrogens with two attached hydrogens (primary N) is 1. The van der Waals surface area contributed by atoms with Gasteiger partial charge in [0.1, 0.15) is 24.7 Å². The summed E-state index contributed by atoms with van der Waals surface area (Å²) in [5, 5.41) is 2.70. The number of esters is 2. The van der Waals surface area contributed by atoms with Crippen LogP contribution in [0.1, 0.15) is 59.8 Å². The lowest BCUT2D eigenvalue weighted by atomic mass is 10.1. The Kier molecular flexibility index (Phi) is 10.6. The van der Waals surface area contributed by atoms with Crippen molar-refractivity contribution in [2.24, 2.45) is 5.41 Å². The molecule has 238 valence electrons. The largest absolute Gasteiger partial charge is 0.465 e.